The number of alkyl carbamates (subject to hydrolysis) is 1. The summed E-state index contributed by atoms with van der Waals surface area (Å²) < 4.78 is 5.01. The summed E-state index contributed by atoms with van der Waals surface area (Å²) in [5.74, 6) is 2.79. The van der Waals surface area contributed by atoms with Gasteiger partial charge in [-0.3, -0.25) is 4.79 Å². The summed E-state index contributed by atoms with van der Waals surface area (Å²) in [5.41, 5.74) is 2.59. The van der Waals surface area contributed by atoms with Crippen LogP contribution in [0.1, 0.15) is 57.9 Å². The van der Waals surface area contributed by atoms with Crippen molar-refractivity contribution in [2.75, 3.05) is 18.5 Å². The highest BCUT2D eigenvalue weighted by molar-refractivity contribution is 5.93. The van der Waals surface area contributed by atoms with Crippen LogP contribution >= 0.6 is 0 Å². The van der Waals surface area contributed by atoms with Gasteiger partial charge in [-0.2, -0.15) is 0 Å². The number of anilines is 1. The van der Waals surface area contributed by atoms with Gasteiger partial charge in [0, 0.05) is 5.69 Å². The Kier molecular flexibility index (Phi) is 5.35. The molecule has 0 heterocycles. The third kappa shape index (κ3) is 4.18. The summed E-state index contributed by atoms with van der Waals surface area (Å²) in [6, 6.07) is 8.41. The summed E-state index contributed by atoms with van der Waals surface area (Å²) in [4.78, 5) is 23.6. The van der Waals surface area contributed by atoms with Crippen molar-refractivity contribution in [1.29, 1.82) is 0 Å². The van der Waals surface area contributed by atoms with Gasteiger partial charge in [0.25, 0.3) is 0 Å². The molecular weight excluding hydrogens is 352 g/mol. The maximum Gasteiger partial charge on any atom is 0.407 e. The average Bonchev–Trinajstić information content (AvgIpc) is 2.64. The largest absolute Gasteiger partial charge is 0.449 e. The Morgan fingerprint density at radius 3 is 2.14 bits per heavy atom. The van der Waals surface area contributed by atoms with Crippen LogP contribution in [-0.4, -0.2) is 25.2 Å². The molecule has 28 heavy (non-hydrogen) atoms. The van der Waals surface area contributed by atoms with E-state index >= 15 is 0 Å². The van der Waals surface area contributed by atoms with Crippen molar-refractivity contribution in [3.8, 4) is 0 Å². The van der Waals surface area contributed by atoms with Crippen molar-refractivity contribution in [2.45, 2.75) is 57.8 Å². The van der Waals surface area contributed by atoms with Gasteiger partial charge in [0.15, 0.2) is 0 Å². The summed E-state index contributed by atoms with van der Waals surface area (Å²) in [6.45, 7) is 4.19. The van der Waals surface area contributed by atoms with E-state index in [4.69, 9.17) is 4.74 Å². The maximum atomic E-state index is 12.1. The van der Waals surface area contributed by atoms with E-state index in [1.165, 1.54) is 44.1 Å². The number of rotatable bonds is 6. The van der Waals surface area contributed by atoms with Crippen LogP contribution in [0.5, 0.6) is 0 Å². The Morgan fingerprint density at radius 1 is 1.04 bits per heavy atom. The summed E-state index contributed by atoms with van der Waals surface area (Å²) in [6.07, 6.45) is 7.80. The normalized spacial score (nSPS) is 30.3. The van der Waals surface area contributed by atoms with Crippen LogP contribution in [0, 0.1) is 23.7 Å². The smallest absolute Gasteiger partial charge is 0.407 e. The van der Waals surface area contributed by atoms with Crippen molar-refractivity contribution in [2.24, 2.45) is 23.7 Å². The third-order valence-corrected chi connectivity index (χ3v) is 6.76. The molecular formula is C23H32N2O3. The maximum absolute atomic E-state index is 12.1. The fraction of sp³-hybridized carbons (Fsp3) is 0.652. The highest BCUT2D eigenvalue weighted by Gasteiger charge is 2.51. The summed E-state index contributed by atoms with van der Waals surface area (Å²) >= 11 is 0. The second kappa shape index (κ2) is 7.76. The molecule has 5 heteroatoms. The zero-order valence-electron chi connectivity index (χ0n) is 17.0. The first kappa shape index (κ1) is 19.3. The molecule has 5 nitrogen and oxygen atoms in total. The minimum Gasteiger partial charge on any atom is -0.449 e. The van der Waals surface area contributed by atoms with Crippen molar-refractivity contribution >= 4 is 17.7 Å². The molecule has 2 N–H and O–H groups in total. The molecule has 1 aromatic rings. The Hall–Kier alpha value is -2.04. The lowest BCUT2D eigenvalue weighted by Gasteiger charge is -2.57. The molecule has 2 amide bonds. The van der Waals surface area contributed by atoms with E-state index < -0.39 is 6.09 Å². The highest BCUT2D eigenvalue weighted by atomic mass is 16.5. The molecule has 5 rings (SSSR count). The SMILES string of the molecule is CC(C)COC(=O)NCC(=O)Nc1ccc(C23CC4CC(CC(C4)C2)C3)cc1. The lowest BCUT2D eigenvalue weighted by molar-refractivity contribution is -0.115. The molecule has 4 bridgehead atoms. The van der Waals surface area contributed by atoms with E-state index in [0.717, 1.165) is 23.4 Å². The van der Waals surface area contributed by atoms with Gasteiger partial charge >= 0.3 is 6.09 Å². The first-order valence-electron chi connectivity index (χ1n) is 10.7. The van der Waals surface area contributed by atoms with E-state index in [-0.39, 0.29) is 18.4 Å². The Balaban J connectivity index is 1.30. The molecule has 4 aliphatic rings. The van der Waals surface area contributed by atoms with Crippen LogP contribution in [-0.2, 0) is 14.9 Å². The number of hydrogen-bond acceptors (Lipinski definition) is 3. The third-order valence-electron chi connectivity index (χ3n) is 6.76. The number of ether oxygens (including phenoxy) is 1. The van der Waals surface area contributed by atoms with Crippen LogP contribution in [0.15, 0.2) is 24.3 Å². The lowest BCUT2D eigenvalue weighted by Crippen LogP contribution is -2.48. The zero-order chi connectivity index (χ0) is 19.7. The molecule has 4 fully saturated rings. The fourth-order valence-corrected chi connectivity index (χ4v) is 6.02. The minimum atomic E-state index is -0.555. The van der Waals surface area contributed by atoms with Gasteiger partial charge < -0.3 is 15.4 Å². The van der Waals surface area contributed by atoms with Crippen molar-refractivity contribution in [1.82, 2.24) is 5.32 Å². The molecule has 1 aromatic carbocycles. The molecule has 0 aliphatic heterocycles. The highest BCUT2D eigenvalue weighted by Crippen LogP contribution is 2.60. The number of amides is 2. The van der Waals surface area contributed by atoms with E-state index in [1.807, 2.05) is 26.0 Å². The first-order chi connectivity index (χ1) is 13.4. The minimum absolute atomic E-state index is 0.0896. The van der Waals surface area contributed by atoms with Crippen LogP contribution in [0.2, 0.25) is 0 Å². The summed E-state index contributed by atoms with van der Waals surface area (Å²) in [7, 11) is 0. The number of hydrogen-bond donors (Lipinski definition) is 2. The zero-order valence-corrected chi connectivity index (χ0v) is 17.0. The Morgan fingerprint density at radius 2 is 1.61 bits per heavy atom. The summed E-state index contributed by atoms with van der Waals surface area (Å²) in [5, 5.41) is 5.34. The molecule has 4 aliphatic carbocycles. The van der Waals surface area contributed by atoms with Crippen LogP contribution < -0.4 is 10.6 Å². The second-order valence-electron chi connectivity index (χ2n) is 9.67. The van der Waals surface area contributed by atoms with Gasteiger partial charge in [-0.25, -0.2) is 4.79 Å². The van der Waals surface area contributed by atoms with Gasteiger partial charge in [0.1, 0.15) is 6.54 Å². The van der Waals surface area contributed by atoms with Crippen LogP contribution in [0.3, 0.4) is 0 Å². The average molecular weight is 385 g/mol. The fourth-order valence-electron chi connectivity index (χ4n) is 6.02. The van der Waals surface area contributed by atoms with Crippen LogP contribution in [0.4, 0.5) is 10.5 Å². The molecule has 4 saturated carbocycles. The van der Waals surface area contributed by atoms with Gasteiger partial charge in [-0.05, 0) is 85.3 Å². The van der Waals surface area contributed by atoms with Gasteiger partial charge in [-0.15, -0.1) is 0 Å². The number of nitrogens with one attached hydrogen (secondary N) is 2. The number of benzene rings is 1. The van der Waals surface area contributed by atoms with Gasteiger partial charge in [-0.1, -0.05) is 26.0 Å². The second-order valence-corrected chi connectivity index (χ2v) is 9.67. The molecule has 0 aromatic heterocycles. The topological polar surface area (TPSA) is 67.4 Å². The standard InChI is InChI=1S/C23H32N2O3/c1-15(2)14-28-22(27)24-13-21(26)25-20-5-3-19(4-6-20)23-10-16-7-17(11-23)9-18(8-16)12-23/h3-6,15-18H,7-14H2,1-2H3,(H,24,27)(H,25,26). The van der Waals surface area contributed by atoms with Crippen molar-refractivity contribution < 1.29 is 14.3 Å². The number of carbonyl (C=O) groups is 2. The molecule has 0 saturated heterocycles. The molecule has 152 valence electrons. The number of carbonyl (C=O) groups excluding carboxylic acids is 2. The van der Waals surface area contributed by atoms with E-state index in [0.29, 0.717) is 12.0 Å². The Labute approximate surface area is 167 Å². The van der Waals surface area contributed by atoms with E-state index in [9.17, 15) is 9.59 Å². The predicted molar refractivity (Wildman–Crippen MR) is 109 cm³/mol. The molecule has 0 radical (unpaired) electrons. The molecule has 0 spiro atoms. The quantitative estimate of drug-likeness (QED) is 0.760. The van der Waals surface area contributed by atoms with Crippen LogP contribution in [0.25, 0.3) is 0 Å². The monoisotopic (exact) mass is 384 g/mol. The first-order valence-corrected chi connectivity index (χ1v) is 10.7. The Bertz CT molecular complexity index is 691. The van der Waals surface area contributed by atoms with Gasteiger partial charge in [0.05, 0.1) is 6.61 Å². The van der Waals surface area contributed by atoms with Crippen molar-refractivity contribution in [3.63, 3.8) is 0 Å². The predicted octanol–water partition coefficient (Wildman–Crippen LogP) is 4.48. The van der Waals surface area contributed by atoms with E-state index in [1.54, 1.807) is 0 Å². The molecule has 0 unspecified atom stereocenters. The van der Waals surface area contributed by atoms with E-state index in [2.05, 4.69) is 22.8 Å². The van der Waals surface area contributed by atoms with Crippen molar-refractivity contribution in [3.05, 3.63) is 29.8 Å². The molecule has 0 atom stereocenters. The lowest BCUT2D eigenvalue weighted by atomic mass is 9.48. The van der Waals surface area contributed by atoms with Gasteiger partial charge in [0.2, 0.25) is 5.91 Å².